The molecular formula is C26H50N2O. The maximum Gasteiger partial charge on any atom is 0.0558 e. The van der Waals surface area contributed by atoms with Crippen LogP contribution in [0.2, 0.25) is 0 Å². The lowest BCUT2D eigenvalue weighted by Crippen LogP contribution is -2.38. The van der Waals surface area contributed by atoms with E-state index < -0.39 is 0 Å². The fourth-order valence-corrected chi connectivity index (χ4v) is 7.04. The maximum atomic E-state index is 9.22. The van der Waals surface area contributed by atoms with Crippen molar-refractivity contribution in [2.24, 2.45) is 35.5 Å². The van der Waals surface area contributed by atoms with Crippen molar-refractivity contribution in [2.75, 3.05) is 39.3 Å². The van der Waals surface area contributed by atoms with Crippen LogP contribution in [0.15, 0.2) is 0 Å². The molecule has 170 valence electrons. The van der Waals surface area contributed by atoms with Crippen LogP contribution in [0.1, 0.15) is 90.9 Å². The van der Waals surface area contributed by atoms with Crippen molar-refractivity contribution in [1.82, 2.24) is 10.2 Å². The molecule has 3 rings (SSSR count). The quantitative estimate of drug-likeness (QED) is 0.515. The van der Waals surface area contributed by atoms with Gasteiger partial charge in [-0.05, 0) is 100 Å². The van der Waals surface area contributed by atoms with Crippen molar-refractivity contribution in [1.29, 1.82) is 0 Å². The standard InChI is InChI=1S/C26H50N2O/c1-3-22(24-7-5-4-6-8-24)20-26(25-9-13-27-14-10-25)19-21(2)23-11-15-28(16-12-23)17-18-29/h21-27,29H,3-20H2,1-2H3. The number of nitrogens with zero attached hydrogens (tertiary/aromatic N) is 1. The van der Waals surface area contributed by atoms with Crippen LogP contribution in [0.25, 0.3) is 0 Å². The van der Waals surface area contributed by atoms with Gasteiger partial charge in [-0.25, -0.2) is 0 Å². The minimum atomic E-state index is 0.317. The summed E-state index contributed by atoms with van der Waals surface area (Å²) in [5.74, 6) is 5.70. The number of aliphatic hydroxyl groups excluding tert-OH is 1. The van der Waals surface area contributed by atoms with Gasteiger partial charge in [-0.15, -0.1) is 0 Å². The molecule has 0 bridgehead atoms. The Balaban J connectivity index is 1.57. The molecular weight excluding hydrogens is 356 g/mol. The average molecular weight is 407 g/mol. The fourth-order valence-electron chi connectivity index (χ4n) is 7.04. The van der Waals surface area contributed by atoms with Gasteiger partial charge in [-0.3, -0.25) is 0 Å². The Morgan fingerprint density at radius 2 is 1.48 bits per heavy atom. The Morgan fingerprint density at radius 3 is 2.10 bits per heavy atom. The van der Waals surface area contributed by atoms with Crippen LogP contribution in [0.5, 0.6) is 0 Å². The Hall–Kier alpha value is -0.120. The van der Waals surface area contributed by atoms with Gasteiger partial charge in [0, 0.05) is 6.54 Å². The highest BCUT2D eigenvalue weighted by Crippen LogP contribution is 2.41. The van der Waals surface area contributed by atoms with E-state index in [0.29, 0.717) is 6.61 Å². The second-order valence-corrected chi connectivity index (χ2v) is 10.8. The van der Waals surface area contributed by atoms with Crippen molar-refractivity contribution < 1.29 is 5.11 Å². The first kappa shape index (κ1) is 23.5. The van der Waals surface area contributed by atoms with E-state index in [9.17, 15) is 5.11 Å². The van der Waals surface area contributed by atoms with Gasteiger partial charge in [-0.1, -0.05) is 52.4 Å². The van der Waals surface area contributed by atoms with E-state index >= 15 is 0 Å². The van der Waals surface area contributed by atoms with Gasteiger partial charge < -0.3 is 15.3 Å². The summed E-state index contributed by atoms with van der Waals surface area (Å²) in [6, 6.07) is 0. The first-order valence-corrected chi connectivity index (χ1v) is 13.2. The molecule has 2 N–H and O–H groups in total. The summed E-state index contributed by atoms with van der Waals surface area (Å²) >= 11 is 0. The molecule has 3 unspecified atom stereocenters. The van der Waals surface area contributed by atoms with Crippen LogP contribution in [0.3, 0.4) is 0 Å². The van der Waals surface area contributed by atoms with Crippen molar-refractivity contribution in [3.8, 4) is 0 Å². The third kappa shape index (κ3) is 7.21. The SMILES string of the molecule is CCC(CC(CC(C)C1CCN(CCO)CC1)C1CCNCC1)C1CCCCC1. The van der Waals surface area contributed by atoms with E-state index in [0.717, 1.165) is 42.1 Å². The minimum absolute atomic E-state index is 0.317. The predicted octanol–water partition coefficient (Wildman–Crippen LogP) is 5.33. The van der Waals surface area contributed by atoms with Crippen LogP contribution >= 0.6 is 0 Å². The summed E-state index contributed by atoms with van der Waals surface area (Å²) in [6.07, 6.45) is 17.4. The zero-order valence-corrected chi connectivity index (χ0v) is 19.6. The topological polar surface area (TPSA) is 35.5 Å². The van der Waals surface area contributed by atoms with Crippen molar-refractivity contribution in [2.45, 2.75) is 90.9 Å². The van der Waals surface area contributed by atoms with Crippen LogP contribution in [0.4, 0.5) is 0 Å². The van der Waals surface area contributed by atoms with Crippen LogP contribution in [-0.2, 0) is 0 Å². The highest BCUT2D eigenvalue weighted by molar-refractivity contribution is 4.85. The Labute approximate surface area is 181 Å². The maximum absolute atomic E-state index is 9.22. The van der Waals surface area contributed by atoms with Crippen molar-refractivity contribution >= 4 is 0 Å². The largest absolute Gasteiger partial charge is 0.395 e. The van der Waals surface area contributed by atoms with Crippen molar-refractivity contribution in [3.63, 3.8) is 0 Å². The van der Waals surface area contributed by atoms with E-state index in [1.165, 1.54) is 103 Å². The number of aliphatic hydroxyl groups is 1. The average Bonchev–Trinajstić information content (AvgIpc) is 2.78. The molecule has 3 atom stereocenters. The monoisotopic (exact) mass is 406 g/mol. The second kappa shape index (κ2) is 12.7. The molecule has 2 saturated heterocycles. The lowest BCUT2D eigenvalue weighted by Gasteiger charge is -2.40. The Bertz CT molecular complexity index is 422. The van der Waals surface area contributed by atoms with E-state index in [2.05, 4.69) is 24.1 Å². The van der Waals surface area contributed by atoms with Gasteiger partial charge in [0.05, 0.1) is 6.61 Å². The number of piperidine rings is 2. The predicted molar refractivity (Wildman–Crippen MR) is 124 cm³/mol. The first-order valence-electron chi connectivity index (χ1n) is 13.2. The van der Waals surface area contributed by atoms with Gasteiger partial charge in [0.25, 0.3) is 0 Å². The van der Waals surface area contributed by atoms with Gasteiger partial charge in [0.15, 0.2) is 0 Å². The minimum Gasteiger partial charge on any atom is -0.395 e. The number of β-amino-alcohol motifs (C(OH)–C–C–N with tert-alkyl or cyclic N) is 1. The van der Waals surface area contributed by atoms with Gasteiger partial charge in [-0.2, -0.15) is 0 Å². The smallest absolute Gasteiger partial charge is 0.0558 e. The molecule has 1 saturated carbocycles. The molecule has 3 aliphatic rings. The molecule has 0 amide bonds. The zero-order chi connectivity index (χ0) is 20.5. The van der Waals surface area contributed by atoms with Gasteiger partial charge in [0.2, 0.25) is 0 Å². The summed E-state index contributed by atoms with van der Waals surface area (Å²) in [7, 11) is 0. The van der Waals surface area contributed by atoms with E-state index in [1.807, 2.05) is 0 Å². The normalized spacial score (nSPS) is 27.0. The third-order valence-electron chi connectivity index (χ3n) is 9.02. The summed E-state index contributed by atoms with van der Waals surface area (Å²) < 4.78 is 0. The molecule has 3 fully saturated rings. The van der Waals surface area contributed by atoms with E-state index in [1.54, 1.807) is 0 Å². The number of hydrogen-bond donors (Lipinski definition) is 2. The second-order valence-electron chi connectivity index (χ2n) is 10.8. The lowest BCUT2D eigenvalue weighted by molar-refractivity contribution is 0.0968. The van der Waals surface area contributed by atoms with Gasteiger partial charge in [0.1, 0.15) is 0 Å². The molecule has 0 aromatic heterocycles. The molecule has 1 aliphatic carbocycles. The first-order chi connectivity index (χ1) is 14.2. The third-order valence-corrected chi connectivity index (χ3v) is 9.02. The van der Waals surface area contributed by atoms with Crippen LogP contribution in [0, 0.1) is 35.5 Å². The zero-order valence-electron chi connectivity index (χ0n) is 19.6. The summed E-state index contributed by atoms with van der Waals surface area (Å²) in [5, 5.41) is 12.8. The highest BCUT2D eigenvalue weighted by Gasteiger charge is 2.33. The summed E-state index contributed by atoms with van der Waals surface area (Å²) in [6.45, 7) is 11.1. The molecule has 2 heterocycles. The molecule has 0 aromatic carbocycles. The Kier molecular flexibility index (Phi) is 10.3. The van der Waals surface area contributed by atoms with Crippen molar-refractivity contribution in [3.05, 3.63) is 0 Å². The van der Waals surface area contributed by atoms with E-state index in [4.69, 9.17) is 0 Å². The highest BCUT2D eigenvalue weighted by atomic mass is 16.3. The number of hydrogen-bond acceptors (Lipinski definition) is 3. The number of likely N-dealkylation sites (tertiary alicyclic amines) is 1. The molecule has 2 aliphatic heterocycles. The fraction of sp³-hybridized carbons (Fsp3) is 1.00. The number of rotatable bonds is 10. The summed E-state index contributed by atoms with van der Waals surface area (Å²) in [4.78, 5) is 2.46. The van der Waals surface area contributed by atoms with Crippen LogP contribution < -0.4 is 5.32 Å². The molecule has 29 heavy (non-hydrogen) atoms. The number of nitrogens with one attached hydrogen (secondary N) is 1. The van der Waals surface area contributed by atoms with E-state index in [-0.39, 0.29) is 0 Å². The van der Waals surface area contributed by atoms with Crippen LogP contribution in [-0.4, -0.2) is 49.3 Å². The lowest BCUT2D eigenvalue weighted by atomic mass is 9.68. The molecule has 0 aromatic rings. The van der Waals surface area contributed by atoms with Gasteiger partial charge >= 0.3 is 0 Å². The molecule has 3 nitrogen and oxygen atoms in total. The molecule has 3 heteroatoms. The molecule has 0 spiro atoms. The summed E-state index contributed by atoms with van der Waals surface area (Å²) in [5.41, 5.74) is 0. The molecule has 0 radical (unpaired) electrons. The Morgan fingerprint density at radius 1 is 0.828 bits per heavy atom.